The average molecular weight is 459 g/mol. The average Bonchev–Trinajstić information content (AvgIpc) is 3.45. The summed E-state index contributed by atoms with van der Waals surface area (Å²) in [5.41, 5.74) is 0.215. The van der Waals surface area contributed by atoms with Gasteiger partial charge in [-0.3, -0.25) is 14.4 Å². The largest absolute Gasteiger partial charge is 0.467 e. The number of methoxy groups -OCH3 is 1. The van der Waals surface area contributed by atoms with Crippen molar-refractivity contribution in [1.29, 1.82) is 0 Å². The third-order valence-corrected chi connectivity index (χ3v) is 5.61. The summed E-state index contributed by atoms with van der Waals surface area (Å²) < 4.78 is 17.1. The van der Waals surface area contributed by atoms with E-state index in [9.17, 15) is 14.4 Å². The monoisotopic (exact) mass is 458 g/mol. The standard InChI is InChI=1S/C23H30N4O6/c1-3-32-20(28)11-7-13-26-16-19(24-25-26)15-23(21(29)31-2)12-8-14-27(23)22(30)33-17-18-9-5-4-6-10-18/h4-6,9-10,16H,3,7-8,11-15,17H2,1-2H3/t23-/m1/s1. The van der Waals surface area contributed by atoms with Gasteiger partial charge in [-0.1, -0.05) is 35.5 Å². The summed E-state index contributed by atoms with van der Waals surface area (Å²) in [4.78, 5) is 38.7. The number of aryl methyl sites for hydroxylation is 1. The van der Waals surface area contributed by atoms with Gasteiger partial charge < -0.3 is 14.2 Å². The van der Waals surface area contributed by atoms with Crippen LogP contribution in [0.4, 0.5) is 4.79 Å². The number of carbonyl (C=O) groups excluding carboxylic acids is 3. The van der Waals surface area contributed by atoms with Crippen molar-refractivity contribution in [1.82, 2.24) is 19.9 Å². The Labute approximate surface area is 192 Å². The molecule has 33 heavy (non-hydrogen) atoms. The highest BCUT2D eigenvalue weighted by Crippen LogP contribution is 2.34. The zero-order chi connectivity index (χ0) is 23.7. The number of likely N-dealkylation sites (tertiary alicyclic amines) is 1. The van der Waals surface area contributed by atoms with Crippen LogP contribution in [0, 0.1) is 0 Å². The minimum absolute atomic E-state index is 0.115. The van der Waals surface area contributed by atoms with Gasteiger partial charge >= 0.3 is 18.0 Å². The van der Waals surface area contributed by atoms with E-state index in [1.54, 1.807) is 17.8 Å². The van der Waals surface area contributed by atoms with E-state index in [4.69, 9.17) is 14.2 Å². The van der Waals surface area contributed by atoms with Crippen LogP contribution in [0.2, 0.25) is 0 Å². The number of aromatic nitrogens is 3. The Balaban J connectivity index is 1.66. The van der Waals surface area contributed by atoms with Crippen molar-refractivity contribution in [3.05, 3.63) is 47.8 Å². The van der Waals surface area contributed by atoms with Gasteiger partial charge in [0.15, 0.2) is 0 Å². The van der Waals surface area contributed by atoms with Crippen molar-refractivity contribution < 1.29 is 28.6 Å². The second kappa shape index (κ2) is 11.4. The van der Waals surface area contributed by atoms with E-state index < -0.39 is 17.6 Å². The molecule has 1 atom stereocenters. The molecule has 0 bridgehead atoms. The number of hydrogen-bond donors (Lipinski definition) is 0. The molecule has 10 heteroatoms. The summed E-state index contributed by atoms with van der Waals surface area (Å²) >= 11 is 0. The number of carbonyl (C=O) groups is 3. The number of amides is 1. The first-order valence-corrected chi connectivity index (χ1v) is 11.1. The summed E-state index contributed by atoms with van der Waals surface area (Å²) in [5.74, 6) is -0.758. The molecule has 3 rings (SSSR count). The molecule has 1 aromatic carbocycles. The molecule has 1 aliphatic heterocycles. The van der Waals surface area contributed by atoms with E-state index in [0.717, 1.165) is 5.56 Å². The van der Waals surface area contributed by atoms with Crippen molar-refractivity contribution in [3.8, 4) is 0 Å². The third-order valence-electron chi connectivity index (χ3n) is 5.61. The Morgan fingerprint density at radius 2 is 1.94 bits per heavy atom. The van der Waals surface area contributed by atoms with E-state index >= 15 is 0 Å². The molecule has 10 nitrogen and oxygen atoms in total. The first-order valence-electron chi connectivity index (χ1n) is 11.1. The van der Waals surface area contributed by atoms with E-state index in [-0.39, 0.29) is 25.4 Å². The highest BCUT2D eigenvalue weighted by Gasteiger charge is 2.52. The summed E-state index contributed by atoms with van der Waals surface area (Å²) in [6.07, 6.45) is 3.25. The zero-order valence-corrected chi connectivity index (χ0v) is 19.1. The predicted octanol–water partition coefficient (Wildman–Crippen LogP) is 2.51. The molecule has 1 aromatic heterocycles. The first kappa shape index (κ1) is 24.2. The molecule has 0 N–H and O–H groups in total. The van der Waals surface area contributed by atoms with Gasteiger partial charge in [0.1, 0.15) is 12.1 Å². The number of rotatable bonds is 10. The van der Waals surface area contributed by atoms with Crippen LogP contribution < -0.4 is 0 Å². The SMILES string of the molecule is CCOC(=O)CCCn1cc(C[C@@]2(C(=O)OC)CCCN2C(=O)OCc2ccccc2)nn1. The van der Waals surface area contributed by atoms with Crippen molar-refractivity contribution in [2.75, 3.05) is 20.3 Å². The van der Waals surface area contributed by atoms with Crippen LogP contribution in [0.25, 0.3) is 0 Å². The Bertz CT molecular complexity index is 947. The molecule has 0 radical (unpaired) electrons. The lowest BCUT2D eigenvalue weighted by Gasteiger charge is -2.34. The lowest BCUT2D eigenvalue weighted by atomic mass is 9.90. The Hall–Kier alpha value is -3.43. The molecule has 0 saturated carbocycles. The van der Waals surface area contributed by atoms with Crippen LogP contribution in [0.5, 0.6) is 0 Å². The molecule has 178 valence electrons. The summed E-state index contributed by atoms with van der Waals surface area (Å²) in [6, 6.07) is 9.36. The van der Waals surface area contributed by atoms with Gasteiger partial charge in [-0.2, -0.15) is 0 Å². The van der Waals surface area contributed by atoms with Gasteiger partial charge in [0.2, 0.25) is 0 Å². The quantitative estimate of drug-likeness (QED) is 0.394. The van der Waals surface area contributed by atoms with Crippen LogP contribution in [0.15, 0.2) is 36.5 Å². The zero-order valence-electron chi connectivity index (χ0n) is 19.1. The normalized spacial score (nSPS) is 17.6. The fourth-order valence-corrected chi connectivity index (χ4v) is 4.05. The van der Waals surface area contributed by atoms with Crippen LogP contribution in [-0.4, -0.2) is 63.7 Å². The van der Waals surface area contributed by atoms with Crippen LogP contribution in [-0.2, 0) is 43.4 Å². The fourth-order valence-electron chi connectivity index (χ4n) is 4.05. The van der Waals surface area contributed by atoms with Crippen molar-refractivity contribution in [2.24, 2.45) is 0 Å². The minimum Gasteiger partial charge on any atom is -0.467 e. The summed E-state index contributed by atoms with van der Waals surface area (Å²) in [7, 11) is 1.31. The smallest absolute Gasteiger partial charge is 0.411 e. The molecule has 1 aliphatic rings. The van der Waals surface area contributed by atoms with E-state index in [0.29, 0.717) is 44.7 Å². The molecule has 1 saturated heterocycles. The van der Waals surface area contributed by atoms with Gasteiger partial charge in [0.25, 0.3) is 0 Å². The van der Waals surface area contributed by atoms with E-state index in [1.807, 2.05) is 30.3 Å². The van der Waals surface area contributed by atoms with E-state index in [2.05, 4.69) is 10.3 Å². The lowest BCUT2D eigenvalue weighted by molar-refractivity contribution is -0.152. The molecule has 2 heterocycles. The van der Waals surface area contributed by atoms with Gasteiger partial charge in [-0.15, -0.1) is 5.10 Å². The second-order valence-corrected chi connectivity index (χ2v) is 7.88. The molecular weight excluding hydrogens is 428 g/mol. The Kier molecular flexibility index (Phi) is 8.39. The number of ether oxygens (including phenoxy) is 3. The molecular formula is C23H30N4O6. The Morgan fingerprint density at radius 3 is 2.67 bits per heavy atom. The molecule has 0 spiro atoms. The highest BCUT2D eigenvalue weighted by molar-refractivity contribution is 5.86. The van der Waals surface area contributed by atoms with E-state index in [1.165, 1.54) is 12.0 Å². The van der Waals surface area contributed by atoms with Crippen LogP contribution in [0.3, 0.4) is 0 Å². The van der Waals surface area contributed by atoms with Crippen molar-refractivity contribution >= 4 is 18.0 Å². The highest BCUT2D eigenvalue weighted by atomic mass is 16.6. The predicted molar refractivity (Wildman–Crippen MR) is 117 cm³/mol. The second-order valence-electron chi connectivity index (χ2n) is 7.88. The number of hydrogen-bond acceptors (Lipinski definition) is 8. The number of benzene rings is 1. The lowest BCUT2D eigenvalue weighted by Crippen LogP contribution is -2.55. The van der Waals surface area contributed by atoms with Gasteiger partial charge in [0.05, 0.1) is 19.4 Å². The van der Waals surface area contributed by atoms with Gasteiger partial charge in [-0.05, 0) is 31.7 Å². The molecule has 0 aliphatic carbocycles. The van der Waals surface area contributed by atoms with Crippen LogP contribution >= 0.6 is 0 Å². The summed E-state index contributed by atoms with van der Waals surface area (Å²) in [6.45, 7) is 3.11. The molecule has 2 aromatic rings. The van der Waals surface area contributed by atoms with Crippen LogP contribution in [0.1, 0.15) is 43.9 Å². The molecule has 1 fully saturated rings. The third kappa shape index (κ3) is 6.09. The number of esters is 2. The molecule has 1 amide bonds. The number of nitrogens with zero attached hydrogens (tertiary/aromatic N) is 4. The minimum atomic E-state index is -1.20. The molecule has 0 unspecified atom stereocenters. The van der Waals surface area contributed by atoms with Crippen molar-refractivity contribution in [3.63, 3.8) is 0 Å². The topological polar surface area (TPSA) is 113 Å². The van der Waals surface area contributed by atoms with Gasteiger partial charge in [0, 0.05) is 32.1 Å². The first-order chi connectivity index (χ1) is 16.0. The fraction of sp³-hybridized carbons (Fsp3) is 0.522. The maximum Gasteiger partial charge on any atom is 0.411 e. The maximum atomic E-state index is 12.9. The maximum absolute atomic E-state index is 12.9. The Morgan fingerprint density at radius 1 is 1.15 bits per heavy atom. The van der Waals surface area contributed by atoms with Crippen molar-refractivity contribution in [2.45, 2.75) is 57.7 Å². The van der Waals surface area contributed by atoms with Gasteiger partial charge in [-0.25, -0.2) is 9.59 Å². The summed E-state index contributed by atoms with van der Waals surface area (Å²) in [5, 5.41) is 8.26.